The molecule has 3 nitrogen and oxygen atoms in total. The van der Waals surface area contributed by atoms with E-state index >= 15 is 0 Å². The summed E-state index contributed by atoms with van der Waals surface area (Å²) in [5.74, 6) is -0.730. The highest BCUT2D eigenvalue weighted by Crippen LogP contribution is 2.02. The molecular weight excluding hydrogens is 166 g/mol. The quantitative estimate of drug-likeness (QED) is 0.709. The first-order chi connectivity index (χ1) is 4.59. The summed E-state index contributed by atoms with van der Waals surface area (Å²) >= 11 is 0. The van der Waals surface area contributed by atoms with E-state index in [2.05, 4.69) is 0 Å². The van der Waals surface area contributed by atoms with Crippen molar-refractivity contribution in [3.05, 3.63) is 0 Å². The van der Waals surface area contributed by atoms with Crippen molar-refractivity contribution in [3.63, 3.8) is 0 Å². The van der Waals surface area contributed by atoms with Gasteiger partial charge in [-0.15, -0.1) is 12.4 Å². The maximum absolute atomic E-state index is 10.5. The SMILES string of the molecule is CCC[C@@H](C(=O)O)N(C)C.Cl. The monoisotopic (exact) mass is 181 g/mol. The summed E-state index contributed by atoms with van der Waals surface area (Å²) in [7, 11) is 3.57. The second-order valence-corrected chi connectivity index (χ2v) is 2.61. The molecule has 0 heterocycles. The second-order valence-electron chi connectivity index (χ2n) is 2.61. The van der Waals surface area contributed by atoms with E-state index in [1.165, 1.54) is 0 Å². The van der Waals surface area contributed by atoms with Crippen LogP contribution in [0.25, 0.3) is 0 Å². The van der Waals surface area contributed by atoms with Crippen LogP contribution in [-0.2, 0) is 4.79 Å². The standard InChI is InChI=1S/C7H15NO2.ClH/c1-4-5-6(7(9)10)8(2)3;/h6H,4-5H2,1-3H3,(H,9,10);1H/t6-;/m0./s1. The van der Waals surface area contributed by atoms with E-state index in [9.17, 15) is 4.79 Å². The number of halogens is 1. The number of carboxylic acids is 1. The zero-order chi connectivity index (χ0) is 8.15. The first-order valence-electron chi connectivity index (χ1n) is 3.48. The van der Waals surface area contributed by atoms with E-state index in [1.807, 2.05) is 6.92 Å². The van der Waals surface area contributed by atoms with Gasteiger partial charge in [0.15, 0.2) is 0 Å². The van der Waals surface area contributed by atoms with Gasteiger partial charge in [0.1, 0.15) is 6.04 Å². The zero-order valence-corrected chi connectivity index (χ0v) is 8.02. The molecule has 1 atom stereocenters. The van der Waals surface area contributed by atoms with Crippen molar-refractivity contribution < 1.29 is 9.90 Å². The molecule has 0 bridgehead atoms. The van der Waals surface area contributed by atoms with Crippen molar-refractivity contribution in [2.24, 2.45) is 0 Å². The zero-order valence-electron chi connectivity index (χ0n) is 7.20. The number of hydrogen-bond acceptors (Lipinski definition) is 2. The van der Waals surface area contributed by atoms with Crippen LogP contribution in [0.3, 0.4) is 0 Å². The maximum atomic E-state index is 10.5. The Labute approximate surface area is 73.8 Å². The maximum Gasteiger partial charge on any atom is 0.320 e. The van der Waals surface area contributed by atoms with Gasteiger partial charge in [-0.25, -0.2) is 0 Å². The fourth-order valence-corrected chi connectivity index (χ4v) is 0.876. The lowest BCUT2D eigenvalue weighted by Gasteiger charge is -2.18. The summed E-state index contributed by atoms with van der Waals surface area (Å²) in [6, 6.07) is -0.315. The molecule has 4 heteroatoms. The van der Waals surface area contributed by atoms with Crippen molar-refractivity contribution in [1.29, 1.82) is 0 Å². The lowest BCUT2D eigenvalue weighted by Crippen LogP contribution is -2.35. The van der Waals surface area contributed by atoms with E-state index in [0.29, 0.717) is 0 Å². The van der Waals surface area contributed by atoms with Gasteiger partial charge >= 0.3 is 5.97 Å². The predicted octanol–water partition coefficient (Wildman–Crippen LogP) is 1.22. The topological polar surface area (TPSA) is 40.5 Å². The molecule has 0 aromatic carbocycles. The first kappa shape index (κ1) is 13.3. The van der Waals surface area contributed by atoms with Crippen LogP contribution in [-0.4, -0.2) is 36.1 Å². The molecule has 0 aliphatic heterocycles. The Morgan fingerprint density at radius 1 is 1.55 bits per heavy atom. The third-order valence-corrected chi connectivity index (χ3v) is 1.47. The normalized spacial score (nSPS) is 12.4. The van der Waals surface area contributed by atoms with E-state index in [1.54, 1.807) is 19.0 Å². The molecule has 0 unspecified atom stereocenters. The Kier molecular flexibility index (Phi) is 7.79. The summed E-state index contributed by atoms with van der Waals surface area (Å²) in [6.07, 6.45) is 1.64. The number of carboxylic acid groups (broad SMARTS) is 1. The molecule has 0 spiro atoms. The van der Waals surface area contributed by atoms with Crippen LogP contribution in [0.15, 0.2) is 0 Å². The molecule has 0 radical (unpaired) electrons. The van der Waals surface area contributed by atoms with Crippen molar-refractivity contribution in [2.45, 2.75) is 25.8 Å². The van der Waals surface area contributed by atoms with Crippen LogP contribution >= 0.6 is 12.4 Å². The average molecular weight is 182 g/mol. The largest absolute Gasteiger partial charge is 0.480 e. The molecule has 0 aromatic heterocycles. The molecular formula is C7H16ClNO2. The Balaban J connectivity index is 0. The molecule has 0 fully saturated rings. The van der Waals surface area contributed by atoms with Gasteiger partial charge < -0.3 is 5.11 Å². The van der Waals surface area contributed by atoms with Gasteiger partial charge in [0.2, 0.25) is 0 Å². The Bertz CT molecular complexity index is 117. The highest BCUT2D eigenvalue weighted by atomic mass is 35.5. The van der Waals surface area contributed by atoms with Gasteiger partial charge in [0.05, 0.1) is 0 Å². The highest BCUT2D eigenvalue weighted by Gasteiger charge is 2.17. The van der Waals surface area contributed by atoms with Crippen molar-refractivity contribution in [3.8, 4) is 0 Å². The van der Waals surface area contributed by atoms with Crippen LogP contribution in [0.5, 0.6) is 0 Å². The molecule has 0 saturated carbocycles. The van der Waals surface area contributed by atoms with Crippen molar-refractivity contribution in [2.75, 3.05) is 14.1 Å². The number of likely N-dealkylation sites (N-methyl/N-ethyl adjacent to an activating group) is 1. The van der Waals surface area contributed by atoms with E-state index in [-0.39, 0.29) is 18.4 Å². The van der Waals surface area contributed by atoms with Crippen LogP contribution in [0.1, 0.15) is 19.8 Å². The Morgan fingerprint density at radius 2 is 2.00 bits per heavy atom. The Hall–Kier alpha value is -0.280. The van der Waals surface area contributed by atoms with Crippen molar-refractivity contribution >= 4 is 18.4 Å². The van der Waals surface area contributed by atoms with Gasteiger partial charge in [-0.1, -0.05) is 13.3 Å². The highest BCUT2D eigenvalue weighted by molar-refractivity contribution is 5.85. The number of carbonyl (C=O) groups is 1. The summed E-state index contributed by atoms with van der Waals surface area (Å²) in [5.41, 5.74) is 0. The molecule has 0 aliphatic carbocycles. The lowest BCUT2D eigenvalue weighted by molar-refractivity contribution is -0.142. The van der Waals surface area contributed by atoms with E-state index in [0.717, 1.165) is 12.8 Å². The Morgan fingerprint density at radius 3 is 2.09 bits per heavy atom. The molecule has 0 aromatic rings. The number of aliphatic carboxylic acids is 1. The molecule has 0 aliphatic rings. The number of rotatable bonds is 4. The third-order valence-electron chi connectivity index (χ3n) is 1.47. The summed E-state index contributed by atoms with van der Waals surface area (Å²) in [5, 5.41) is 8.63. The first-order valence-corrected chi connectivity index (χ1v) is 3.48. The molecule has 0 rings (SSSR count). The number of hydrogen-bond donors (Lipinski definition) is 1. The van der Waals surface area contributed by atoms with Crippen LogP contribution < -0.4 is 0 Å². The van der Waals surface area contributed by atoms with Crippen LogP contribution in [0.4, 0.5) is 0 Å². The van der Waals surface area contributed by atoms with Gasteiger partial charge in [-0.05, 0) is 20.5 Å². The van der Waals surface area contributed by atoms with Crippen LogP contribution in [0, 0.1) is 0 Å². The molecule has 11 heavy (non-hydrogen) atoms. The van der Waals surface area contributed by atoms with Gasteiger partial charge in [-0.3, -0.25) is 9.69 Å². The van der Waals surface area contributed by atoms with Crippen LogP contribution in [0.2, 0.25) is 0 Å². The summed E-state index contributed by atoms with van der Waals surface area (Å²) in [6.45, 7) is 1.99. The average Bonchev–Trinajstić information content (AvgIpc) is 1.81. The number of nitrogens with zero attached hydrogens (tertiary/aromatic N) is 1. The van der Waals surface area contributed by atoms with Gasteiger partial charge in [-0.2, -0.15) is 0 Å². The second kappa shape index (κ2) is 6.43. The van der Waals surface area contributed by atoms with Gasteiger partial charge in [0, 0.05) is 0 Å². The fraction of sp³-hybridized carbons (Fsp3) is 0.857. The summed E-state index contributed by atoms with van der Waals surface area (Å²) < 4.78 is 0. The molecule has 0 amide bonds. The minimum atomic E-state index is -0.730. The third kappa shape index (κ3) is 5.04. The fourth-order valence-electron chi connectivity index (χ4n) is 0.876. The van der Waals surface area contributed by atoms with Crippen molar-refractivity contribution in [1.82, 2.24) is 4.90 Å². The van der Waals surface area contributed by atoms with Gasteiger partial charge in [0.25, 0.3) is 0 Å². The lowest BCUT2D eigenvalue weighted by atomic mass is 10.1. The smallest absolute Gasteiger partial charge is 0.320 e. The predicted molar refractivity (Wildman–Crippen MR) is 47.3 cm³/mol. The molecule has 1 N–H and O–H groups in total. The van der Waals surface area contributed by atoms with E-state index in [4.69, 9.17) is 5.11 Å². The molecule has 68 valence electrons. The minimum absolute atomic E-state index is 0. The molecule has 0 saturated heterocycles. The minimum Gasteiger partial charge on any atom is -0.480 e. The summed E-state index contributed by atoms with van der Waals surface area (Å²) in [4.78, 5) is 12.2. The van der Waals surface area contributed by atoms with E-state index < -0.39 is 5.97 Å².